The maximum Gasteiger partial charge on any atom is 0.412 e. The first kappa shape index (κ1) is 24.7. The summed E-state index contributed by atoms with van der Waals surface area (Å²) in [4.78, 5) is 24.8. The standard InChI is InChI=1S/C30H26FNO4S/c1-18-5-3-4-6-24(18)19(2)36-29(35)32-25-17-26(31)37-27(25)22-9-7-20(8-10-22)21-11-13-23(14-12-21)30(15-16-30)28(33)34/h3-14,17,19H,15-16H2,1-2H3,(H,32,35)(H,33,34)/t19-/m1/s1. The van der Waals surface area contributed by atoms with Crippen molar-refractivity contribution >= 4 is 29.1 Å². The van der Waals surface area contributed by atoms with Gasteiger partial charge in [0.15, 0.2) is 5.13 Å². The summed E-state index contributed by atoms with van der Waals surface area (Å²) in [5.41, 5.74) is 5.06. The molecular formula is C30H26FNO4S. The summed E-state index contributed by atoms with van der Waals surface area (Å²) in [6, 6.07) is 24.2. The fourth-order valence-corrected chi connectivity index (χ4v) is 5.47. The van der Waals surface area contributed by atoms with Crippen LogP contribution in [-0.2, 0) is 14.9 Å². The Kier molecular flexibility index (Phi) is 6.56. The topological polar surface area (TPSA) is 75.6 Å². The molecule has 4 aromatic rings. The lowest BCUT2D eigenvalue weighted by Gasteiger charge is -2.16. The van der Waals surface area contributed by atoms with Crippen molar-refractivity contribution in [1.29, 1.82) is 0 Å². The summed E-state index contributed by atoms with van der Waals surface area (Å²) in [6.07, 6.45) is 0.232. The maximum absolute atomic E-state index is 14.2. The normalized spacial score (nSPS) is 14.6. The molecule has 1 saturated carbocycles. The molecule has 1 amide bonds. The Morgan fingerprint density at radius 3 is 2.16 bits per heavy atom. The Morgan fingerprint density at radius 2 is 1.57 bits per heavy atom. The van der Waals surface area contributed by atoms with Crippen LogP contribution >= 0.6 is 11.3 Å². The van der Waals surface area contributed by atoms with E-state index in [0.29, 0.717) is 23.4 Å². The van der Waals surface area contributed by atoms with E-state index in [2.05, 4.69) is 5.32 Å². The number of aliphatic carboxylic acids is 1. The van der Waals surface area contributed by atoms with Crippen molar-refractivity contribution in [1.82, 2.24) is 0 Å². The van der Waals surface area contributed by atoms with E-state index in [1.54, 1.807) is 6.92 Å². The van der Waals surface area contributed by atoms with Crippen LogP contribution in [0.4, 0.5) is 14.9 Å². The number of benzene rings is 3. The average Bonchev–Trinajstić information content (AvgIpc) is 3.62. The molecule has 37 heavy (non-hydrogen) atoms. The lowest BCUT2D eigenvalue weighted by atomic mass is 9.93. The van der Waals surface area contributed by atoms with Gasteiger partial charge in [-0.25, -0.2) is 4.79 Å². The van der Waals surface area contributed by atoms with Crippen LogP contribution in [0.3, 0.4) is 0 Å². The molecule has 0 aliphatic heterocycles. The maximum atomic E-state index is 14.2. The number of ether oxygens (including phenoxy) is 1. The highest BCUT2D eigenvalue weighted by Gasteiger charge is 2.51. The second-order valence-corrected chi connectivity index (χ2v) is 10.4. The van der Waals surface area contributed by atoms with E-state index in [4.69, 9.17) is 4.74 Å². The quantitative estimate of drug-likeness (QED) is 0.262. The van der Waals surface area contributed by atoms with Gasteiger partial charge in [0.2, 0.25) is 0 Å². The van der Waals surface area contributed by atoms with Gasteiger partial charge in [-0.1, -0.05) is 72.8 Å². The lowest BCUT2D eigenvalue weighted by Crippen LogP contribution is -2.19. The van der Waals surface area contributed by atoms with E-state index < -0.39 is 28.7 Å². The van der Waals surface area contributed by atoms with Crippen LogP contribution in [0.5, 0.6) is 0 Å². The highest BCUT2D eigenvalue weighted by molar-refractivity contribution is 7.14. The summed E-state index contributed by atoms with van der Waals surface area (Å²) >= 11 is 0.951. The molecule has 0 spiro atoms. The predicted octanol–water partition coefficient (Wildman–Crippen LogP) is 7.96. The molecule has 1 aliphatic carbocycles. The number of carboxylic acids is 1. The third-order valence-corrected chi connectivity index (χ3v) is 7.90. The zero-order valence-electron chi connectivity index (χ0n) is 20.5. The number of halogens is 1. The number of carboxylic acid groups (broad SMARTS) is 1. The summed E-state index contributed by atoms with van der Waals surface area (Å²) in [6.45, 7) is 3.76. The zero-order chi connectivity index (χ0) is 26.2. The van der Waals surface area contributed by atoms with Crippen molar-refractivity contribution < 1.29 is 23.8 Å². The van der Waals surface area contributed by atoms with Gasteiger partial charge in [-0.05, 0) is 60.1 Å². The van der Waals surface area contributed by atoms with E-state index >= 15 is 0 Å². The van der Waals surface area contributed by atoms with E-state index in [1.807, 2.05) is 79.7 Å². The number of carbonyl (C=O) groups excluding carboxylic acids is 1. The third-order valence-electron chi connectivity index (χ3n) is 6.93. The molecule has 1 fully saturated rings. The van der Waals surface area contributed by atoms with Gasteiger partial charge in [0.05, 0.1) is 16.0 Å². The van der Waals surface area contributed by atoms with Crippen LogP contribution in [0.15, 0.2) is 78.9 Å². The van der Waals surface area contributed by atoms with Crippen LogP contribution in [0.25, 0.3) is 21.6 Å². The molecule has 0 saturated heterocycles. The number of thiophene rings is 1. The molecule has 0 radical (unpaired) electrons. The number of carbonyl (C=O) groups is 2. The molecule has 188 valence electrons. The fourth-order valence-electron chi connectivity index (χ4n) is 4.62. The Hall–Kier alpha value is -3.97. The van der Waals surface area contributed by atoms with Crippen LogP contribution < -0.4 is 5.32 Å². The van der Waals surface area contributed by atoms with Crippen molar-refractivity contribution in [2.45, 2.75) is 38.2 Å². The van der Waals surface area contributed by atoms with Gasteiger partial charge >= 0.3 is 12.1 Å². The highest BCUT2D eigenvalue weighted by atomic mass is 32.1. The van der Waals surface area contributed by atoms with Crippen molar-refractivity contribution in [3.63, 3.8) is 0 Å². The molecule has 3 aromatic carbocycles. The fraction of sp³-hybridized carbons (Fsp3) is 0.200. The Bertz CT molecular complexity index is 1460. The summed E-state index contributed by atoms with van der Waals surface area (Å²) in [5, 5.41) is 11.8. The van der Waals surface area contributed by atoms with Gasteiger partial charge < -0.3 is 9.84 Å². The predicted molar refractivity (Wildman–Crippen MR) is 143 cm³/mol. The molecule has 0 bridgehead atoms. The van der Waals surface area contributed by atoms with E-state index in [-0.39, 0.29) is 0 Å². The van der Waals surface area contributed by atoms with Crippen LogP contribution in [0.2, 0.25) is 0 Å². The first-order chi connectivity index (χ1) is 17.8. The Balaban J connectivity index is 1.30. The minimum absolute atomic E-state index is 0.352. The van der Waals surface area contributed by atoms with Crippen molar-refractivity contribution in [2.75, 3.05) is 5.32 Å². The van der Waals surface area contributed by atoms with Gasteiger partial charge in [-0.15, -0.1) is 11.3 Å². The summed E-state index contributed by atoms with van der Waals surface area (Å²) < 4.78 is 19.8. The number of rotatable bonds is 7. The average molecular weight is 516 g/mol. The molecule has 1 heterocycles. The smallest absolute Gasteiger partial charge is 0.412 e. The van der Waals surface area contributed by atoms with E-state index in [1.165, 1.54) is 6.07 Å². The van der Waals surface area contributed by atoms with Gasteiger partial charge in [-0.2, -0.15) is 4.39 Å². The van der Waals surface area contributed by atoms with Gasteiger partial charge in [0.1, 0.15) is 6.10 Å². The zero-order valence-corrected chi connectivity index (χ0v) is 21.3. The molecule has 1 aliphatic rings. The molecular weight excluding hydrogens is 489 g/mol. The molecule has 7 heteroatoms. The largest absolute Gasteiger partial charge is 0.481 e. The molecule has 5 rings (SSSR count). The first-order valence-corrected chi connectivity index (χ1v) is 12.9. The lowest BCUT2D eigenvalue weighted by molar-refractivity contribution is -0.140. The minimum Gasteiger partial charge on any atom is -0.481 e. The Labute approximate surface area is 218 Å². The number of hydrogen-bond acceptors (Lipinski definition) is 4. The van der Waals surface area contributed by atoms with Crippen LogP contribution in [-0.4, -0.2) is 17.2 Å². The first-order valence-electron chi connectivity index (χ1n) is 12.0. The third kappa shape index (κ3) is 5.00. The number of aryl methyl sites for hydroxylation is 1. The van der Waals surface area contributed by atoms with Gasteiger partial charge in [0.25, 0.3) is 0 Å². The van der Waals surface area contributed by atoms with E-state index in [0.717, 1.165) is 44.7 Å². The van der Waals surface area contributed by atoms with Crippen LogP contribution in [0.1, 0.15) is 42.6 Å². The molecule has 1 atom stereocenters. The number of nitrogens with one attached hydrogen (secondary N) is 1. The highest BCUT2D eigenvalue weighted by Crippen LogP contribution is 2.48. The van der Waals surface area contributed by atoms with Gasteiger partial charge in [-0.3, -0.25) is 10.1 Å². The summed E-state index contributed by atoms with van der Waals surface area (Å²) in [7, 11) is 0. The second-order valence-electron chi connectivity index (χ2n) is 9.36. The minimum atomic E-state index is -0.772. The van der Waals surface area contributed by atoms with Crippen molar-refractivity contribution in [3.05, 3.63) is 101 Å². The second kappa shape index (κ2) is 9.82. The molecule has 2 N–H and O–H groups in total. The monoisotopic (exact) mass is 515 g/mol. The number of amides is 1. The molecule has 5 nitrogen and oxygen atoms in total. The molecule has 1 aromatic heterocycles. The van der Waals surface area contributed by atoms with Crippen LogP contribution in [0, 0.1) is 12.1 Å². The van der Waals surface area contributed by atoms with Gasteiger partial charge in [0, 0.05) is 6.07 Å². The Morgan fingerprint density at radius 1 is 0.973 bits per heavy atom. The van der Waals surface area contributed by atoms with Crippen molar-refractivity contribution in [2.24, 2.45) is 0 Å². The van der Waals surface area contributed by atoms with Crippen molar-refractivity contribution in [3.8, 4) is 21.6 Å². The number of anilines is 1. The number of hydrogen-bond donors (Lipinski definition) is 2. The van der Waals surface area contributed by atoms with E-state index in [9.17, 15) is 19.1 Å². The molecule has 0 unspecified atom stereocenters. The summed E-state index contributed by atoms with van der Waals surface area (Å²) in [5.74, 6) is -0.772. The SMILES string of the molecule is Cc1ccccc1[C@@H](C)OC(=O)Nc1cc(F)sc1-c1ccc(-c2ccc(C3(C(=O)O)CC3)cc2)cc1.